The fourth-order valence-corrected chi connectivity index (χ4v) is 4.43. The lowest BCUT2D eigenvalue weighted by molar-refractivity contribution is 0.102. The van der Waals surface area contributed by atoms with Crippen LogP contribution in [0.15, 0.2) is 53.3 Å². The highest BCUT2D eigenvalue weighted by atomic mass is 16.5. The van der Waals surface area contributed by atoms with Crippen LogP contribution in [0.1, 0.15) is 76.5 Å². The van der Waals surface area contributed by atoms with E-state index in [0.717, 1.165) is 12.8 Å². The van der Waals surface area contributed by atoms with Crippen LogP contribution in [0.2, 0.25) is 0 Å². The maximum absolute atomic E-state index is 13.9. The molecule has 2 amide bonds. The standard InChI is InChI=1S/C30H39N3O5/c1-7-8-16-38-25-23-17-21(31-27(34)20-12-10-9-11-13-20)14-15-22(23)28(35)33(18-19(2)3)24(25)26(30(4,5)6)32-29(36)37/h9-15,17,19,26,32H,7-8,16,18H2,1-6H3,(H,31,34)(H,36,37). The Balaban J connectivity index is 2.31. The van der Waals surface area contributed by atoms with Crippen molar-refractivity contribution in [1.82, 2.24) is 9.88 Å². The van der Waals surface area contributed by atoms with Crippen molar-refractivity contribution in [1.29, 1.82) is 0 Å². The monoisotopic (exact) mass is 521 g/mol. The van der Waals surface area contributed by atoms with Crippen LogP contribution in [0.4, 0.5) is 10.5 Å². The Bertz CT molecular complexity index is 1340. The molecule has 1 unspecified atom stereocenters. The lowest BCUT2D eigenvalue weighted by atomic mass is 9.83. The number of rotatable bonds is 10. The van der Waals surface area contributed by atoms with E-state index in [0.29, 0.717) is 46.6 Å². The fourth-order valence-electron chi connectivity index (χ4n) is 4.43. The number of amides is 2. The quantitative estimate of drug-likeness (QED) is 0.266. The first kappa shape index (κ1) is 28.8. The molecule has 3 N–H and O–H groups in total. The van der Waals surface area contributed by atoms with Gasteiger partial charge >= 0.3 is 6.09 Å². The summed E-state index contributed by atoms with van der Waals surface area (Å²) in [5, 5.41) is 16.3. The maximum atomic E-state index is 13.9. The summed E-state index contributed by atoms with van der Waals surface area (Å²) in [6, 6.07) is 13.3. The van der Waals surface area contributed by atoms with E-state index in [-0.39, 0.29) is 17.4 Å². The van der Waals surface area contributed by atoms with Crippen LogP contribution in [0.5, 0.6) is 5.75 Å². The average Bonchev–Trinajstić information content (AvgIpc) is 2.85. The number of hydrogen-bond acceptors (Lipinski definition) is 4. The molecule has 0 aliphatic rings. The third-order valence-corrected chi connectivity index (χ3v) is 6.26. The first-order chi connectivity index (χ1) is 17.9. The molecule has 204 valence electrons. The molecule has 0 saturated carbocycles. The van der Waals surface area contributed by atoms with Crippen molar-refractivity contribution in [2.75, 3.05) is 11.9 Å². The van der Waals surface area contributed by atoms with Crippen molar-refractivity contribution < 1.29 is 19.4 Å². The van der Waals surface area contributed by atoms with Gasteiger partial charge in [-0.05, 0) is 48.1 Å². The minimum Gasteiger partial charge on any atom is -0.491 e. The van der Waals surface area contributed by atoms with Gasteiger partial charge in [0, 0.05) is 23.2 Å². The summed E-state index contributed by atoms with van der Waals surface area (Å²) in [5.74, 6) is 0.312. The summed E-state index contributed by atoms with van der Waals surface area (Å²) in [7, 11) is 0. The molecule has 0 spiro atoms. The minimum absolute atomic E-state index is 0.127. The molecule has 2 aromatic carbocycles. The lowest BCUT2D eigenvalue weighted by Gasteiger charge is -2.34. The molecule has 1 heterocycles. The Morgan fingerprint density at radius 3 is 2.32 bits per heavy atom. The summed E-state index contributed by atoms with van der Waals surface area (Å²) < 4.78 is 8.02. The van der Waals surface area contributed by atoms with Gasteiger partial charge in [-0.2, -0.15) is 0 Å². The number of hydrogen-bond donors (Lipinski definition) is 3. The van der Waals surface area contributed by atoms with Gasteiger partial charge in [0.2, 0.25) is 0 Å². The molecule has 0 saturated heterocycles. The highest BCUT2D eigenvalue weighted by molar-refractivity contribution is 6.05. The van der Waals surface area contributed by atoms with Gasteiger partial charge in [-0.1, -0.05) is 66.2 Å². The third-order valence-electron chi connectivity index (χ3n) is 6.26. The summed E-state index contributed by atoms with van der Waals surface area (Å²) in [5.41, 5.74) is 0.720. The molecule has 8 nitrogen and oxygen atoms in total. The van der Waals surface area contributed by atoms with Gasteiger partial charge in [0.25, 0.3) is 11.5 Å². The molecule has 38 heavy (non-hydrogen) atoms. The predicted molar refractivity (Wildman–Crippen MR) is 151 cm³/mol. The van der Waals surface area contributed by atoms with Crippen LogP contribution in [0.25, 0.3) is 10.8 Å². The largest absolute Gasteiger partial charge is 0.491 e. The Hall–Kier alpha value is -3.81. The van der Waals surface area contributed by atoms with Crippen LogP contribution in [0, 0.1) is 11.3 Å². The number of carbonyl (C=O) groups excluding carboxylic acids is 1. The van der Waals surface area contributed by atoms with E-state index in [9.17, 15) is 19.5 Å². The van der Waals surface area contributed by atoms with E-state index in [1.165, 1.54) is 0 Å². The van der Waals surface area contributed by atoms with Gasteiger partial charge in [-0.15, -0.1) is 0 Å². The molecule has 3 rings (SSSR count). The van der Waals surface area contributed by atoms with Crippen LogP contribution >= 0.6 is 0 Å². The van der Waals surface area contributed by atoms with E-state index < -0.39 is 17.6 Å². The first-order valence-corrected chi connectivity index (χ1v) is 13.1. The average molecular weight is 522 g/mol. The van der Waals surface area contributed by atoms with Gasteiger partial charge in [0.05, 0.1) is 23.7 Å². The maximum Gasteiger partial charge on any atom is 0.405 e. The van der Waals surface area contributed by atoms with E-state index in [4.69, 9.17) is 4.74 Å². The number of aromatic nitrogens is 1. The van der Waals surface area contributed by atoms with E-state index >= 15 is 0 Å². The van der Waals surface area contributed by atoms with Gasteiger partial charge in [-0.25, -0.2) is 4.79 Å². The normalized spacial score (nSPS) is 12.4. The summed E-state index contributed by atoms with van der Waals surface area (Å²) in [6.07, 6.45) is 0.520. The van der Waals surface area contributed by atoms with Crippen molar-refractivity contribution in [3.05, 3.63) is 70.1 Å². The minimum atomic E-state index is -1.18. The smallest absolute Gasteiger partial charge is 0.405 e. The van der Waals surface area contributed by atoms with Gasteiger partial charge < -0.3 is 25.0 Å². The SMILES string of the molecule is CCCCOc1c(C(NC(=O)O)C(C)(C)C)n(CC(C)C)c(=O)c2ccc(NC(=O)c3ccccc3)cc12. The molecule has 3 aromatic rings. The molecular formula is C30H39N3O5. The number of ether oxygens (including phenoxy) is 1. The van der Waals surface area contributed by atoms with Gasteiger partial charge in [0.15, 0.2) is 0 Å². The highest BCUT2D eigenvalue weighted by Crippen LogP contribution is 2.41. The van der Waals surface area contributed by atoms with Gasteiger partial charge in [0.1, 0.15) is 5.75 Å². The summed E-state index contributed by atoms with van der Waals surface area (Å²) in [6.45, 7) is 12.7. The zero-order valence-electron chi connectivity index (χ0n) is 23.1. The molecule has 0 aliphatic heterocycles. The summed E-state index contributed by atoms with van der Waals surface area (Å²) >= 11 is 0. The third kappa shape index (κ3) is 6.73. The van der Waals surface area contributed by atoms with E-state index in [2.05, 4.69) is 17.6 Å². The number of carboxylic acid groups (broad SMARTS) is 1. The van der Waals surface area contributed by atoms with Crippen LogP contribution < -0.4 is 20.9 Å². The molecule has 0 fully saturated rings. The topological polar surface area (TPSA) is 110 Å². The molecular weight excluding hydrogens is 482 g/mol. The van der Waals surface area contributed by atoms with Crippen LogP contribution in [-0.4, -0.2) is 28.3 Å². The number of anilines is 1. The second kappa shape index (κ2) is 12.2. The fraction of sp³-hybridized carbons (Fsp3) is 0.433. The zero-order chi connectivity index (χ0) is 28.0. The lowest BCUT2D eigenvalue weighted by Crippen LogP contribution is -2.40. The predicted octanol–water partition coefficient (Wildman–Crippen LogP) is 6.44. The number of unbranched alkanes of at least 4 members (excludes halogenated alkanes) is 1. The summed E-state index contributed by atoms with van der Waals surface area (Å²) in [4.78, 5) is 38.6. The Morgan fingerprint density at radius 1 is 1.05 bits per heavy atom. The highest BCUT2D eigenvalue weighted by Gasteiger charge is 2.35. The zero-order valence-corrected chi connectivity index (χ0v) is 23.1. The molecule has 1 atom stereocenters. The number of benzene rings is 2. The van der Waals surface area contributed by atoms with Crippen molar-refractivity contribution in [3.8, 4) is 5.75 Å². The van der Waals surface area contributed by atoms with Crippen LogP contribution in [-0.2, 0) is 6.54 Å². The van der Waals surface area contributed by atoms with Crippen molar-refractivity contribution in [3.63, 3.8) is 0 Å². The number of nitrogens with one attached hydrogen (secondary N) is 2. The number of pyridine rings is 1. The van der Waals surface area contributed by atoms with E-state index in [1.54, 1.807) is 47.0 Å². The number of fused-ring (bicyclic) bond motifs is 1. The second-order valence-electron chi connectivity index (χ2n) is 11.1. The van der Waals surface area contributed by atoms with Crippen molar-refractivity contribution >= 4 is 28.5 Å². The molecule has 0 bridgehead atoms. The second-order valence-corrected chi connectivity index (χ2v) is 11.1. The van der Waals surface area contributed by atoms with Gasteiger partial charge in [-0.3, -0.25) is 9.59 Å². The molecule has 0 radical (unpaired) electrons. The molecule has 8 heteroatoms. The first-order valence-electron chi connectivity index (χ1n) is 13.1. The number of carbonyl (C=O) groups is 2. The molecule has 1 aromatic heterocycles. The van der Waals surface area contributed by atoms with Crippen molar-refractivity contribution in [2.24, 2.45) is 11.3 Å². The molecule has 0 aliphatic carbocycles. The van der Waals surface area contributed by atoms with Crippen molar-refractivity contribution in [2.45, 2.75) is 67.0 Å². The Labute approximate surface area is 224 Å². The van der Waals surface area contributed by atoms with E-state index in [1.807, 2.05) is 40.7 Å². The Kier molecular flexibility index (Phi) is 9.20. The van der Waals surface area contributed by atoms with Crippen LogP contribution in [0.3, 0.4) is 0 Å². The number of nitrogens with zero attached hydrogens (tertiary/aromatic N) is 1. The Morgan fingerprint density at radius 2 is 1.74 bits per heavy atom.